The zero-order valence-electron chi connectivity index (χ0n) is 8.70. The maximum absolute atomic E-state index is 9.00. The van der Waals surface area contributed by atoms with E-state index in [0.29, 0.717) is 6.04 Å². The van der Waals surface area contributed by atoms with Crippen LogP contribution < -0.4 is 0 Å². The Morgan fingerprint density at radius 3 is 3.07 bits per heavy atom. The van der Waals surface area contributed by atoms with Crippen molar-refractivity contribution in [2.75, 3.05) is 0 Å². The smallest absolute Gasteiger partial charge is 0.0746 e. The van der Waals surface area contributed by atoms with E-state index in [1.54, 1.807) is 0 Å². The van der Waals surface area contributed by atoms with Crippen LogP contribution in [0, 0.1) is 11.3 Å². The largest absolute Gasteiger partial charge is 0.270 e. The van der Waals surface area contributed by atoms with Crippen molar-refractivity contribution in [2.24, 2.45) is 0 Å². The number of hydrogen-bond donors (Lipinski definition) is 0. The van der Waals surface area contributed by atoms with Crippen LogP contribution in [0.5, 0.6) is 0 Å². The Bertz CT molecular complexity index is 370. The minimum absolute atomic E-state index is 0.0752. The highest BCUT2D eigenvalue weighted by Crippen LogP contribution is 2.30. The third-order valence-corrected chi connectivity index (χ3v) is 2.81. The van der Waals surface area contributed by atoms with Crippen LogP contribution >= 0.6 is 0 Å². The molecule has 0 spiro atoms. The number of nitriles is 1. The molecule has 0 saturated heterocycles. The third-order valence-electron chi connectivity index (χ3n) is 2.81. The van der Waals surface area contributed by atoms with Gasteiger partial charge >= 0.3 is 0 Å². The topological polar surface area (TPSA) is 41.6 Å². The highest BCUT2D eigenvalue weighted by Gasteiger charge is 2.23. The van der Waals surface area contributed by atoms with Gasteiger partial charge in [-0.2, -0.15) is 10.4 Å². The SMILES string of the molecule is CC(C)n1cc2c(n1)CCCC2C#N. The summed E-state index contributed by atoms with van der Waals surface area (Å²) in [5.41, 5.74) is 2.30. The second kappa shape index (κ2) is 3.45. The van der Waals surface area contributed by atoms with E-state index in [9.17, 15) is 0 Å². The Kier molecular flexibility index (Phi) is 2.28. The first-order chi connectivity index (χ1) is 6.72. The molecule has 14 heavy (non-hydrogen) atoms. The number of hydrogen-bond acceptors (Lipinski definition) is 2. The number of aromatic nitrogens is 2. The molecular weight excluding hydrogens is 174 g/mol. The number of aryl methyl sites for hydroxylation is 1. The van der Waals surface area contributed by atoms with E-state index in [1.165, 1.54) is 0 Å². The van der Waals surface area contributed by atoms with Crippen LogP contribution in [-0.4, -0.2) is 9.78 Å². The number of nitrogens with zero attached hydrogens (tertiary/aromatic N) is 3. The first-order valence-corrected chi connectivity index (χ1v) is 5.20. The second-order valence-electron chi connectivity index (χ2n) is 4.18. The van der Waals surface area contributed by atoms with Gasteiger partial charge in [0.15, 0.2) is 0 Å². The fourth-order valence-corrected chi connectivity index (χ4v) is 1.96. The molecule has 1 unspecified atom stereocenters. The zero-order chi connectivity index (χ0) is 10.1. The van der Waals surface area contributed by atoms with Gasteiger partial charge in [-0.05, 0) is 33.1 Å². The van der Waals surface area contributed by atoms with Crippen molar-refractivity contribution < 1.29 is 0 Å². The summed E-state index contributed by atoms with van der Waals surface area (Å²) in [5.74, 6) is 0.0752. The summed E-state index contributed by atoms with van der Waals surface area (Å²) in [5, 5.41) is 13.5. The van der Waals surface area contributed by atoms with Gasteiger partial charge in [0.25, 0.3) is 0 Å². The monoisotopic (exact) mass is 189 g/mol. The molecule has 0 saturated carbocycles. The van der Waals surface area contributed by atoms with Crippen LogP contribution in [0.25, 0.3) is 0 Å². The molecule has 0 fully saturated rings. The van der Waals surface area contributed by atoms with Crippen molar-refractivity contribution in [3.63, 3.8) is 0 Å². The van der Waals surface area contributed by atoms with Crippen LogP contribution in [0.2, 0.25) is 0 Å². The van der Waals surface area contributed by atoms with Gasteiger partial charge in [0.1, 0.15) is 0 Å². The van der Waals surface area contributed by atoms with Crippen LogP contribution in [0.4, 0.5) is 0 Å². The molecule has 0 bridgehead atoms. The molecule has 0 amide bonds. The third kappa shape index (κ3) is 1.41. The van der Waals surface area contributed by atoms with Crippen molar-refractivity contribution in [1.82, 2.24) is 9.78 Å². The lowest BCUT2D eigenvalue weighted by Gasteiger charge is -2.13. The van der Waals surface area contributed by atoms with E-state index in [4.69, 9.17) is 5.26 Å². The van der Waals surface area contributed by atoms with Crippen LogP contribution in [0.3, 0.4) is 0 Å². The molecule has 2 rings (SSSR count). The summed E-state index contributed by atoms with van der Waals surface area (Å²) in [6.07, 6.45) is 5.17. The molecule has 1 aliphatic rings. The van der Waals surface area contributed by atoms with Gasteiger partial charge in [-0.25, -0.2) is 0 Å². The average molecular weight is 189 g/mol. The minimum atomic E-state index is 0.0752. The number of fused-ring (bicyclic) bond motifs is 1. The van der Waals surface area contributed by atoms with Crippen molar-refractivity contribution >= 4 is 0 Å². The van der Waals surface area contributed by atoms with Gasteiger partial charge in [0, 0.05) is 17.8 Å². The lowest BCUT2D eigenvalue weighted by molar-refractivity contribution is 0.525. The highest BCUT2D eigenvalue weighted by atomic mass is 15.3. The van der Waals surface area contributed by atoms with Crippen LogP contribution in [0.15, 0.2) is 6.20 Å². The van der Waals surface area contributed by atoms with E-state index in [2.05, 4.69) is 25.0 Å². The predicted molar refractivity (Wildman–Crippen MR) is 53.9 cm³/mol. The van der Waals surface area contributed by atoms with Gasteiger partial charge in [-0.3, -0.25) is 4.68 Å². The fraction of sp³-hybridized carbons (Fsp3) is 0.636. The van der Waals surface area contributed by atoms with Gasteiger partial charge in [-0.1, -0.05) is 0 Å². The molecular formula is C11H15N3. The van der Waals surface area contributed by atoms with Crippen molar-refractivity contribution in [2.45, 2.75) is 45.1 Å². The van der Waals surface area contributed by atoms with Crippen molar-refractivity contribution in [3.8, 4) is 6.07 Å². The van der Waals surface area contributed by atoms with E-state index >= 15 is 0 Å². The summed E-state index contributed by atoms with van der Waals surface area (Å²) in [7, 11) is 0. The van der Waals surface area contributed by atoms with Crippen LogP contribution in [0.1, 0.15) is 49.9 Å². The van der Waals surface area contributed by atoms with E-state index in [0.717, 1.165) is 30.5 Å². The fourth-order valence-electron chi connectivity index (χ4n) is 1.96. The maximum atomic E-state index is 9.00. The molecule has 0 aliphatic heterocycles. The van der Waals surface area contributed by atoms with E-state index < -0.39 is 0 Å². The molecule has 0 aromatic carbocycles. The maximum Gasteiger partial charge on any atom is 0.0746 e. The molecule has 1 aliphatic carbocycles. The Morgan fingerprint density at radius 1 is 1.64 bits per heavy atom. The summed E-state index contributed by atoms with van der Waals surface area (Å²) in [6.45, 7) is 4.22. The Morgan fingerprint density at radius 2 is 2.43 bits per heavy atom. The molecule has 3 nitrogen and oxygen atoms in total. The zero-order valence-corrected chi connectivity index (χ0v) is 8.70. The standard InChI is InChI=1S/C11H15N3/c1-8(2)14-7-10-9(6-12)4-3-5-11(10)13-14/h7-9H,3-5H2,1-2H3. The van der Waals surface area contributed by atoms with E-state index in [-0.39, 0.29) is 5.92 Å². The van der Waals surface area contributed by atoms with Crippen molar-refractivity contribution in [1.29, 1.82) is 5.26 Å². The quantitative estimate of drug-likeness (QED) is 0.680. The molecule has 0 radical (unpaired) electrons. The Labute approximate surface area is 84.3 Å². The summed E-state index contributed by atoms with van der Waals surface area (Å²) >= 11 is 0. The normalized spacial score (nSPS) is 20.6. The lowest BCUT2D eigenvalue weighted by atomic mass is 9.88. The van der Waals surface area contributed by atoms with E-state index in [1.807, 2.05) is 10.9 Å². The molecule has 3 heteroatoms. The first-order valence-electron chi connectivity index (χ1n) is 5.20. The molecule has 74 valence electrons. The highest BCUT2D eigenvalue weighted by molar-refractivity contribution is 5.29. The summed E-state index contributed by atoms with van der Waals surface area (Å²) in [4.78, 5) is 0. The Balaban J connectivity index is 2.39. The molecule has 0 N–H and O–H groups in total. The molecule has 1 aromatic heterocycles. The van der Waals surface area contributed by atoms with Gasteiger partial charge in [0.2, 0.25) is 0 Å². The second-order valence-corrected chi connectivity index (χ2v) is 4.18. The van der Waals surface area contributed by atoms with Crippen molar-refractivity contribution in [3.05, 3.63) is 17.5 Å². The van der Waals surface area contributed by atoms with Gasteiger partial charge < -0.3 is 0 Å². The van der Waals surface area contributed by atoms with Gasteiger partial charge in [-0.15, -0.1) is 0 Å². The first kappa shape index (κ1) is 9.26. The summed E-state index contributed by atoms with van der Waals surface area (Å²) in [6, 6.07) is 2.75. The summed E-state index contributed by atoms with van der Waals surface area (Å²) < 4.78 is 1.97. The lowest BCUT2D eigenvalue weighted by Crippen LogP contribution is -2.06. The average Bonchev–Trinajstić information content (AvgIpc) is 2.60. The molecule has 1 aromatic rings. The minimum Gasteiger partial charge on any atom is -0.270 e. The number of rotatable bonds is 1. The Hall–Kier alpha value is -1.30. The molecule has 1 atom stereocenters. The van der Waals surface area contributed by atoms with Gasteiger partial charge in [0.05, 0.1) is 17.7 Å². The molecule has 1 heterocycles. The van der Waals surface area contributed by atoms with Crippen LogP contribution in [-0.2, 0) is 6.42 Å². The predicted octanol–water partition coefficient (Wildman–Crippen LogP) is 2.41.